The summed E-state index contributed by atoms with van der Waals surface area (Å²) in [6.07, 6.45) is 0.874. The predicted molar refractivity (Wildman–Crippen MR) is 85.8 cm³/mol. The van der Waals surface area contributed by atoms with Gasteiger partial charge in [0.15, 0.2) is 0 Å². The molecule has 1 aromatic carbocycles. The maximum absolute atomic E-state index is 11.0. The highest BCUT2D eigenvalue weighted by Crippen LogP contribution is 2.31. The lowest BCUT2D eigenvalue weighted by Crippen LogP contribution is -2.22. The number of halogens is 1. The number of nitrogens with one attached hydrogen (secondary N) is 1. The van der Waals surface area contributed by atoms with Gasteiger partial charge in [0.2, 0.25) is 0 Å². The molecule has 1 atom stereocenters. The van der Waals surface area contributed by atoms with Crippen molar-refractivity contribution in [3.63, 3.8) is 0 Å². The monoisotopic (exact) mass is 327 g/mol. The molecule has 0 bridgehead atoms. The normalized spacial score (nSPS) is 12.2. The van der Waals surface area contributed by atoms with E-state index in [4.69, 9.17) is 16.7 Å². The number of benzene rings is 1. The molecule has 0 radical (unpaired) electrons. The van der Waals surface area contributed by atoms with Gasteiger partial charge in [-0.3, -0.25) is 0 Å². The van der Waals surface area contributed by atoms with E-state index >= 15 is 0 Å². The van der Waals surface area contributed by atoms with Gasteiger partial charge in [0.1, 0.15) is 0 Å². The smallest absolute Gasteiger partial charge is 0.366 e. The molecular formula is C14H14ClNO2S2. The van der Waals surface area contributed by atoms with Gasteiger partial charge in [-0.05, 0) is 41.3 Å². The number of rotatable bonds is 6. The number of carbonyl (C=O) groups is 1. The molecule has 0 aliphatic rings. The van der Waals surface area contributed by atoms with Crippen LogP contribution in [-0.2, 0) is 6.42 Å². The molecule has 3 nitrogen and oxygen atoms in total. The molecule has 0 amide bonds. The van der Waals surface area contributed by atoms with Crippen LogP contribution in [0.5, 0.6) is 0 Å². The summed E-state index contributed by atoms with van der Waals surface area (Å²) in [5.74, 6) is 0. The van der Waals surface area contributed by atoms with Crippen LogP contribution in [0.4, 0.5) is 4.79 Å². The Morgan fingerprint density at radius 3 is 2.80 bits per heavy atom. The molecule has 0 fully saturated rings. The minimum atomic E-state index is -0.918. The van der Waals surface area contributed by atoms with Crippen molar-refractivity contribution in [1.29, 1.82) is 0 Å². The molecule has 0 saturated carbocycles. The lowest BCUT2D eigenvalue weighted by Gasteiger charge is -2.17. The van der Waals surface area contributed by atoms with Gasteiger partial charge in [0.25, 0.3) is 0 Å². The van der Waals surface area contributed by atoms with E-state index in [1.807, 2.05) is 29.6 Å². The minimum absolute atomic E-state index is 0.346. The Labute approximate surface area is 131 Å². The van der Waals surface area contributed by atoms with Gasteiger partial charge in [-0.2, -0.15) is 0 Å². The molecule has 106 valence electrons. The van der Waals surface area contributed by atoms with Gasteiger partial charge in [0, 0.05) is 16.4 Å². The summed E-state index contributed by atoms with van der Waals surface area (Å²) in [6, 6.07) is 11.4. The fourth-order valence-electron chi connectivity index (χ4n) is 1.78. The van der Waals surface area contributed by atoms with Crippen LogP contribution in [0.1, 0.15) is 15.8 Å². The zero-order chi connectivity index (χ0) is 14.4. The zero-order valence-electron chi connectivity index (χ0n) is 10.6. The Balaban J connectivity index is 2.00. The van der Waals surface area contributed by atoms with Crippen LogP contribution in [-0.4, -0.2) is 17.0 Å². The maximum Gasteiger partial charge on any atom is 0.366 e. The van der Waals surface area contributed by atoms with E-state index < -0.39 is 5.30 Å². The number of thioether (sulfide) groups is 1. The fraction of sp³-hybridized carbons (Fsp3) is 0.214. The highest BCUT2D eigenvalue weighted by Gasteiger charge is 2.18. The summed E-state index contributed by atoms with van der Waals surface area (Å²) in [5, 5.41) is 13.6. The molecule has 2 aromatic rings. The van der Waals surface area contributed by atoms with Gasteiger partial charge in [-0.15, -0.1) is 11.3 Å². The summed E-state index contributed by atoms with van der Waals surface area (Å²) in [5.41, 5.74) is 0.799. The molecule has 0 aliphatic carbocycles. The van der Waals surface area contributed by atoms with E-state index in [0.717, 1.165) is 23.7 Å². The van der Waals surface area contributed by atoms with Crippen LogP contribution >= 0.6 is 34.7 Å². The molecule has 0 aliphatic heterocycles. The lowest BCUT2D eigenvalue weighted by atomic mass is 10.2. The highest BCUT2D eigenvalue weighted by atomic mass is 35.5. The third-order valence-corrected chi connectivity index (χ3v) is 4.83. The third-order valence-electron chi connectivity index (χ3n) is 2.69. The highest BCUT2D eigenvalue weighted by molar-refractivity contribution is 8.13. The van der Waals surface area contributed by atoms with Gasteiger partial charge in [-0.25, -0.2) is 4.79 Å². The molecule has 0 spiro atoms. The molecule has 1 unspecified atom stereocenters. The van der Waals surface area contributed by atoms with Crippen molar-refractivity contribution in [3.8, 4) is 0 Å². The first-order chi connectivity index (χ1) is 9.66. The standard InChI is InChI=1S/C14H14ClNO2S2/c15-12-6-2-1-5-11(12)13(20-14(17)18)16-8-7-10-4-3-9-19-10/h1-6,9,13,16H,7-8H2,(H,17,18). The van der Waals surface area contributed by atoms with E-state index in [2.05, 4.69) is 11.4 Å². The zero-order valence-corrected chi connectivity index (χ0v) is 13.0. The first-order valence-electron chi connectivity index (χ1n) is 6.06. The SMILES string of the molecule is O=C(O)SC(NCCc1cccs1)c1ccccc1Cl. The van der Waals surface area contributed by atoms with Crippen molar-refractivity contribution in [2.75, 3.05) is 6.54 Å². The van der Waals surface area contributed by atoms with E-state index in [-0.39, 0.29) is 5.37 Å². The van der Waals surface area contributed by atoms with Gasteiger partial charge < -0.3 is 10.4 Å². The van der Waals surface area contributed by atoms with Crippen LogP contribution in [0.2, 0.25) is 5.02 Å². The Kier molecular flexibility index (Phi) is 5.91. The van der Waals surface area contributed by atoms with E-state index in [1.165, 1.54) is 4.88 Å². The maximum atomic E-state index is 11.0. The second-order valence-electron chi connectivity index (χ2n) is 4.07. The minimum Gasteiger partial charge on any atom is -0.473 e. The Bertz CT molecular complexity index is 560. The van der Waals surface area contributed by atoms with Crippen molar-refractivity contribution in [2.24, 2.45) is 0 Å². The van der Waals surface area contributed by atoms with Gasteiger partial charge in [0.05, 0.1) is 5.37 Å². The topological polar surface area (TPSA) is 49.3 Å². The van der Waals surface area contributed by atoms with Crippen LogP contribution in [0.25, 0.3) is 0 Å². The predicted octanol–water partition coefficient (Wildman–Crippen LogP) is 4.64. The van der Waals surface area contributed by atoms with Crippen LogP contribution < -0.4 is 5.32 Å². The average molecular weight is 328 g/mol. The molecule has 1 heterocycles. The number of hydrogen-bond donors (Lipinski definition) is 2. The van der Waals surface area contributed by atoms with Crippen molar-refractivity contribution < 1.29 is 9.90 Å². The number of thiophene rings is 1. The second-order valence-corrected chi connectivity index (χ2v) is 6.56. The van der Waals surface area contributed by atoms with Crippen molar-refractivity contribution in [1.82, 2.24) is 5.32 Å². The fourth-order valence-corrected chi connectivity index (χ4v) is 3.54. The first-order valence-corrected chi connectivity index (χ1v) is 8.20. The third kappa shape index (κ3) is 4.52. The Morgan fingerprint density at radius 1 is 1.35 bits per heavy atom. The summed E-state index contributed by atoms with van der Waals surface area (Å²) in [4.78, 5) is 12.2. The van der Waals surface area contributed by atoms with Crippen LogP contribution in [0, 0.1) is 0 Å². The summed E-state index contributed by atoms with van der Waals surface area (Å²) >= 11 is 8.66. The lowest BCUT2D eigenvalue weighted by molar-refractivity contribution is 0.222. The molecule has 1 aromatic heterocycles. The number of hydrogen-bond acceptors (Lipinski definition) is 4. The first kappa shape index (κ1) is 15.4. The molecule has 20 heavy (non-hydrogen) atoms. The van der Waals surface area contributed by atoms with Gasteiger partial charge in [-0.1, -0.05) is 35.9 Å². The van der Waals surface area contributed by atoms with Gasteiger partial charge >= 0.3 is 5.30 Å². The van der Waals surface area contributed by atoms with E-state index in [0.29, 0.717) is 11.6 Å². The molecule has 6 heteroatoms. The number of carboxylic acid groups (broad SMARTS) is 1. The average Bonchev–Trinajstić information content (AvgIpc) is 2.91. The summed E-state index contributed by atoms with van der Waals surface area (Å²) in [7, 11) is 0. The molecular weight excluding hydrogens is 314 g/mol. The quantitative estimate of drug-likeness (QED) is 0.759. The van der Waals surface area contributed by atoms with E-state index in [9.17, 15) is 4.79 Å². The largest absolute Gasteiger partial charge is 0.473 e. The Hall–Kier alpha value is -1.01. The van der Waals surface area contributed by atoms with Crippen molar-refractivity contribution >= 4 is 40.0 Å². The summed E-state index contributed by atoms with van der Waals surface area (Å²) in [6.45, 7) is 0.705. The molecule has 0 saturated heterocycles. The summed E-state index contributed by atoms with van der Waals surface area (Å²) < 4.78 is 0. The van der Waals surface area contributed by atoms with Crippen molar-refractivity contribution in [3.05, 3.63) is 57.2 Å². The second kappa shape index (κ2) is 7.69. The molecule has 2 rings (SSSR count). The molecule has 2 N–H and O–H groups in total. The van der Waals surface area contributed by atoms with Crippen LogP contribution in [0.3, 0.4) is 0 Å². The van der Waals surface area contributed by atoms with Crippen LogP contribution in [0.15, 0.2) is 41.8 Å². The Morgan fingerprint density at radius 2 is 2.15 bits per heavy atom. The van der Waals surface area contributed by atoms with E-state index in [1.54, 1.807) is 17.4 Å². The van der Waals surface area contributed by atoms with Crippen molar-refractivity contribution in [2.45, 2.75) is 11.8 Å².